The van der Waals surface area contributed by atoms with Crippen molar-refractivity contribution in [3.63, 3.8) is 0 Å². The molecule has 1 N–H and O–H groups in total. The second-order valence-corrected chi connectivity index (χ2v) is 3.51. The number of ether oxygens (including phenoxy) is 1. The molecule has 1 fully saturated rings. The van der Waals surface area contributed by atoms with Crippen LogP contribution in [0.25, 0.3) is 0 Å². The number of rotatable bonds is 1. The van der Waals surface area contributed by atoms with Gasteiger partial charge in [0.1, 0.15) is 0 Å². The molecule has 0 radical (unpaired) electrons. The largest absolute Gasteiger partial charge is 0.381 e. The van der Waals surface area contributed by atoms with Gasteiger partial charge in [-0.1, -0.05) is 0 Å². The number of nitrogens with zero attached hydrogens (tertiary/aromatic N) is 1. The SMILES string of the molecule is COC1CCN(C(C)=N)C(C)C1. The predicted octanol–water partition coefficient (Wildman–Crippen LogP) is 1.48. The molecule has 1 aliphatic heterocycles. The van der Waals surface area contributed by atoms with Crippen LogP contribution >= 0.6 is 0 Å². The standard InChI is InChI=1S/C9H18N2O/c1-7-6-9(12-3)4-5-11(7)8(2)10/h7,9-10H,4-6H2,1-3H3. The van der Waals surface area contributed by atoms with Gasteiger partial charge in [0.2, 0.25) is 0 Å². The maximum absolute atomic E-state index is 7.53. The third-order valence-electron chi connectivity index (χ3n) is 2.59. The average Bonchev–Trinajstić information content (AvgIpc) is 2.03. The van der Waals surface area contributed by atoms with Crippen molar-refractivity contribution in [3.8, 4) is 0 Å². The van der Waals surface area contributed by atoms with E-state index in [9.17, 15) is 0 Å². The number of likely N-dealkylation sites (tertiary alicyclic amines) is 1. The molecule has 1 rings (SSSR count). The molecule has 1 saturated heterocycles. The van der Waals surface area contributed by atoms with Crippen LogP contribution in [-0.4, -0.2) is 36.5 Å². The van der Waals surface area contributed by atoms with E-state index in [1.54, 1.807) is 7.11 Å². The number of nitrogens with one attached hydrogen (secondary N) is 1. The predicted molar refractivity (Wildman–Crippen MR) is 49.6 cm³/mol. The van der Waals surface area contributed by atoms with Gasteiger partial charge in [0.25, 0.3) is 0 Å². The number of hydrogen-bond acceptors (Lipinski definition) is 2. The van der Waals surface area contributed by atoms with Gasteiger partial charge in [0.05, 0.1) is 11.9 Å². The normalized spacial score (nSPS) is 30.4. The molecule has 0 bridgehead atoms. The number of methoxy groups -OCH3 is 1. The number of piperidine rings is 1. The van der Waals surface area contributed by atoms with E-state index in [4.69, 9.17) is 10.1 Å². The van der Waals surface area contributed by atoms with Crippen molar-refractivity contribution in [2.75, 3.05) is 13.7 Å². The third kappa shape index (κ3) is 1.97. The molecule has 1 heterocycles. The first kappa shape index (κ1) is 9.52. The van der Waals surface area contributed by atoms with E-state index < -0.39 is 0 Å². The van der Waals surface area contributed by atoms with Gasteiger partial charge < -0.3 is 9.64 Å². The van der Waals surface area contributed by atoms with E-state index in [0.29, 0.717) is 18.0 Å². The van der Waals surface area contributed by atoms with E-state index in [1.807, 2.05) is 6.92 Å². The Balaban J connectivity index is 2.47. The minimum absolute atomic E-state index is 0.399. The van der Waals surface area contributed by atoms with Crippen LogP contribution in [0.15, 0.2) is 0 Å². The zero-order valence-electron chi connectivity index (χ0n) is 8.13. The fraction of sp³-hybridized carbons (Fsp3) is 0.889. The Kier molecular flexibility index (Phi) is 3.09. The van der Waals surface area contributed by atoms with Crippen molar-refractivity contribution in [1.29, 1.82) is 5.41 Å². The summed E-state index contributed by atoms with van der Waals surface area (Å²) < 4.78 is 5.29. The van der Waals surface area contributed by atoms with Crippen LogP contribution in [0.3, 0.4) is 0 Å². The lowest BCUT2D eigenvalue weighted by atomic mass is 10.0. The second kappa shape index (κ2) is 3.90. The molecule has 3 nitrogen and oxygen atoms in total. The molecule has 0 aromatic carbocycles. The molecule has 3 heteroatoms. The molecule has 2 atom stereocenters. The molecule has 0 amide bonds. The summed E-state index contributed by atoms with van der Waals surface area (Å²) in [7, 11) is 1.77. The summed E-state index contributed by atoms with van der Waals surface area (Å²) in [5.41, 5.74) is 0. The lowest BCUT2D eigenvalue weighted by molar-refractivity contribution is 0.0382. The van der Waals surface area contributed by atoms with Gasteiger partial charge in [-0.2, -0.15) is 0 Å². The Morgan fingerprint density at radius 3 is 2.67 bits per heavy atom. The lowest BCUT2D eigenvalue weighted by Crippen LogP contribution is -2.45. The summed E-state index contributed by atoms with van der Waals surface area (Å²) in [5, 5.41) is 7.53. The molecular formula is C9H18N2O. The van der Waals surface area contributed by atoms with E-state index in [2.05, 4.69) is 11.8 Å². The highest BCUT2D eigenvalue weighted by Gasteiger charge is 2.24. The van der Waals surface area contributed by atoms with Crippen LogP contribution < -0.4 is 0 Å². The Morgan fingerprint density at radius 2 is 2.25 bits per heavy atom. The van der Waals surface area contributed by atoms with Crippen LogP contribution in [0.2, 0.25) is 0 Å². The van der Waals surface area contributed by atoms with Gasteiger partial charge in [-0.15, -0.1) is 0 Å². The van der Waals surface area contributed by atoms with E-state index in [-0.39, 0.29) is 0 Å². The van der Waals surface area contributed by atoms with Crippen molar-refractivity contribution < 1.29 is 4.74 Å². The molecule has 0 aliphatic carbocycles. The molecule has 0 spiro atoms. The van der Waals surface area contributed by atoms with Crippen molar-refractivity contribution in [2.24, 2.45) is 0 Å². The molecule has 0 saturated carbocycles. The van der Waals surface area contributed by atoms with Gasteiger partial charge in [-0.3, -0.25) is 5.41 Å². The van der Waals surface area contributed by atoms with E-state index >= 15 is 0 Å². The van der Waals surface area contributed by atoms with Crippen molar-refractivity contribution in [3.05, 3.63) is 0 Å². The zero-order valence-corrected chi connectivity index (χ0v) is 8.13. The molecule has 0 aromatic rings. The Hall–Kier alpha value is -0.570. The molecular weight excluding hydrogens is 152 g/mol. The van der Waals surface area contributed by atoms with E-state index in [0.717, 1.165) is 19.4 Å². The first-order chi connectivity index (χ1) is 5.65. The summed E-state index contributed by atoms with van der Waals surface area (Å²) >= 11 is 0. The molecule has 2 unspecified atom stereocenters. The Labute approximate surface area is 74.2 Å². The van der Waals surface area contributed by atoms with Crippen LogP contribution in [0, 0.1) is 5.41 Å². The van der Waals surface area contributed by atoms with Gasteiger partial charge in [-0.25, -0.2) is 0 Å². The average molecular weight is 170 g/mol. The lowest BCUT2D eigenvalue weighted by Gasteiger charge is -2.37. The molecule has 70 valence electrons. The smallest absolute Gasteiger partial charge is 0.0928 e. The monoisotopic (exact) mass is 170 g/mol. The maximum Gasteiger partial charge on any atom is 0.0928 e. The quantitative estimate of drug-likeness (QED) is 0.478. The molecule has 0 aromatic heterocycles. The summed E-state index contributed by atoms with van der Waals surface area (Å²) in [6.07, 6.45) is 2.50. The summed E-state index contributed by atoms with van der Waals surface area (Å²) in [6, 6.07) is 0.459. The highest BCUT2D eigenvalue weighted by Crippen LogP contribution is 2.19. The van der Waals surface area contributed by atoms with Crippen LogP contribution in [0.4, 0.5) is 0 Å². The second-order valence-electron chi connectivity index (χ2n) is 3.51. The molecule has 12 heavy (non-hydrogen) atoms. The van der Waals surface area contributed by atoms with Gasteiger partial charge >= 0.3 is 0 Å². The third-order valence-corrected chi connectivity index (χ3v) is 2.59. The van der Waals surface area contributed by atoms with Gasteiger partial charge in [0, 0.05) is 19.7 Å². The summed E-state index contributed by atoms with van der Waals surface area (Å²) in [4.78, 5) is 2.13. The minimum atomic E-state index is 0.399. The Morgan fingerprint density at radius 1 is 1.58 bits per heavy atom. The summed E-state index contributed by atoms with van der Waals surface area (Å²) in [5.74, 6) is 0.678. The topological polar surface area (TPSA) is 36.3 Å². The van der Waals surface area contributed by atoms with Gasteiger partial charge in [-0.05, 0) is 26.7 Å². The van der Waals surface area contributed by atoms with Crippen molar-refractivity contribution in [1.82, 2.24) is 4.90 Å². The highest BCUT2D eigenvalue weighted by atomic mass is 16.5. The first-order valence-corrected chi connectivity index (χ1v) is 4.49. The molecule has 1 aliphatic rings. The first-order valence-electron chi connectivity index (χ1n) is 4.49. The Bertz CT molecular complexity index is 170. The number of amidine groups is 1. The van der Waals surface area contributed by atoms with Crippen LogP contribution in [-0.2, 0) is 4.74 Å². The van der Waals surface area contributed by atoms with Crippen LogP contribution in [0.5, 0.6) is 0 Å². The number of hydrogen-bond donors (Lipinski definition) is 1. The minimum Gasteiger partial charge on any atom is -0.381 e. The van der Waals surface area contributed by atoms with Crippen LogP contribution in [0.1, 0.15) is 26.7 Å². The van der Waals surface area contributed by atoms with Gasteiger partial charge in [0.15, 0.2) is 0 Å². The zero-order chi connectivity index (χ0) is 9.14. The highest BCUT2D eigenvalue weighted by molar-refractivity contribution is 5.76. The fourth-order valence-corrected chi connectivity index (χ4v) is 1.84. The maximum atomic E-state index is 7.53. The van der Waals surface area contributed by atoms with Crippen molar-refractivity contribution in [2.45, 2.75) is 38.8 Å². The van der Waals surface area contributed by atoms with E-state index in [1.165, 1.54) is 0 Å². The van der Waals surface area contributed by atoms with Crippen molar-refractivity contribution >= 4 is 5.84 Å². The summed E-state index contributed by atoms with van der Waals surface area (Å²) in [6.45, 7) is 4.97. The fourth-order valence-electron chi connectivity index (χ4n) is 1.84.